The van der Waals surface area contributed by atoms with Gasteiger partial charge in [0.05, 0.1) is 35.6 Å². The molecule has 8 nitrogen and oxygen atoms in total. The lowest BCUT2D eigenvalue weighted by atomic mass is 10.2. The Morgan fingerprint density at radius 3 is 2.78 bits per heavy atom. The highest BCUT2D eigenvalue weighted by atomic mass is 16.5. The number of carbonyl (C=O) groups is 1. The van der Waals surface area contributed by atoms with Crippen molar-refractivity contribution >= 4 is 22.6 Å². The predicted octanol–water partition coefficient (Wildman–Crippen LogP) is 1.84. The second kappa shape index (κ2) is 7.40. The number of fused-ring (bicyclic) bond motifs is 1. The number of nitrogens with one attached hydrogen (secondary N) is 1. The van der Waals surface area contributed by atoms with E-state index in [4.69, 9.17) is 4.74 Å². The first kappa shape index (κ1) is 17.5. The molecule has 1 atom stereocenters. The van der Waals surface area contributed by atoms with Gasteiger partial charge < -0.3 is 10.1 Å². The minimum Gasteiger partial charge on any atom is -0.376 e. The zero-order chi connectivity index (χ0) is 18.8. The molecule has 27 heavy (non-hydrogen) atoms. The van der Waals surface area contributed by atoms with E-state index in [0.29, 0.717) is 18.8 Å². The molecule has 2 aromatic heterocycles. The zero-order valence-electron chi connectivity index (χ0n) is 15.3. The Labute approximate surface area is 156 Å². The molecule has 1 N–H and O–H groups in total. The molecule has 3 heterocycles. The third-order valence-corrected chi connectivity index (χ3v) is 4.87. The highest BCUT2D eigenvalue weighted by Crippen LogP contribution is 2.16. The number of carbonyl (C=O) groups excluding carboxylic acids is 1. The molecule has 3 aromatic rings. The molecule has 0 saturated carbocycles. The molecule has 1 aliphatic heterocycles. The molecule has 8 heteroatoms. The first-order valence-corrected chi connectivity index (χ1v) is 9.27. The van der Waals surface area contributed by atoms with Crippen LogP contribution in [0.2, 0.25) is 0 Å². The molecule has 1 unspecified atom stereocenters. The van der Waals surface area contributed by atoms with Crippen molar-refractivity contribution in [3.8, 4) is 0 Å². The summed E-state index contributed by atoms with van der Waals surface area (Å²) in [6.45, 7) is 3.92. The van der Waals surface area contributed by atoms with Gasteiger partial charge in [-0.05, 0) is 31.9 Å². The Kier molecular flexibility index (Phi) is 4.81. The summed E-state index contributed by atoms with van der Waals surface area (Å²) >= 11 is 0. The van der Waals surface area contributed by atoms with Crippen LogP contribution in [0.5, 0.6) is 0 Å². The fourth-order valence-corrected chi connectivity index (χ4v) is 3.60. The Morgan fingerprint density at radius 1 is 1.30 bits per heavy atom. The Balaban J connectivity index is 1.47. The van der Waals surface area contributed by atoms with Crippen molar-refractivity contribution in [2.75, 3.05) is 11.9 Å². The van der Waals surface area contributed by atoms with Crippen LogP contribution in [-0.4, -0.2) is 37.5 Å². The maximum absolute atomic E-state index is 12.6. The van der Waals surface area contributed by atoms with E-state index in [-0.39, 0.29) is 24.2 Å². The number of amides is 1. The average Bonchev–Trinajstić information content (AvgIpc) is 3.38. The van der Waals surface area contributed by atoms with Gasteiger partial charge in [-0.3, -0.25) is 18.6 Å². The molecule has 1 aliphatic rings. The smallest absolute Gasteiger partial charge is 0.329 e. The molecule has 0 spiro atoms. The number of imidazole rings is 1. The molecule has 4 rings (SSSR count). The number of aromatic nitrogens is 4. The zero-order valence-corrected chi connectivity index (χ0v) is 15.3. The Morgan fingerprint density at radius 2 is 2.07 bits per heavy atom. The lowest BCUT2D eigenvalue weighted by Crippen LogP contribution is -2.29. The molecule has 0 bridgehead atoms. The number of anilines is 1. The van der Waals surface area contributed by atoms with Crippen LogP contribution in [0.15, 0.2) is 41.5 Å². The normalized spacial score (nSPS) is 16.9. The van der Waals surface area contributed by atoms with Gasteiger partial charge in [-0.2, -0.15) is 5.10 Å². The number of ether oxygens (including phenoxy) is 1. The monoisotopic (exact) mass is 369 g/mol. The van der Waals surface area contributed by atoms with Crippen molar-refractivity contribution in [2.24, 2.45) is 0 Å². The SMILES string of the molecule is CCn1c(=O)n(CC(=O)Nc2cnn(CC3CCCO3)c2)c2ccccc21. The van der Waals surface area contributed by atoms with Crippen molar-refractivity contribution in [1.82, 2.24) is 18.9 Å². The molecule has 1 fully saturated rings. The van der Waals surface area contributed by atoms with E-state index >= 15 is 0 Å². The molecule has 1 saturated heterocycles. The van der Waals surface area contributed by atoms with Crippen molar-refractivity contribution in [1.29, 1.82) is 0 Å². The second-order valence-corrected chi connectivity index (χ2v) is 6.74. The summed E-state index contributed by atoms with van der Waals surface area (Å²) < 4.78 is 10.6. The second-order valence-electron chi connectivity index (χ2n) is 6.74. The third-order valence-electron chi connectivity index (χ3n) is 4.87. The number of aryl methyl sites for hydroxylation is 1. The number of rotatable bonds is 6. The number of hydrogen-bond acceptors (Lipinski definition) is 4. The van der Waals surface area contributed by atoms with Crippen LogP contribution in [0.3, 0.4) is 0 Å². The standard InChI is InChI=1S/C19H23N5O3/c1-2-23-16-7-3-4-8-17(16)24(19(23)26)13-18(25)21-14-10-20-22(11-14)12-15-6-5-9-27-15/h3-4,7-8,10-11,15H,2,5-6,9,12-13H2,1H3,(H,21,25). The number of benzene rings is 1. The van der Waals surface area contributed by atoms with Gasteiger partial charge in [0.2, 0.25) is 5.91 Å². The van der Waals surface area contributed by atoms with Crippen molar-refractivity contribution in [3.05, 3.63) is 47.1 Å². The van der Waals surface area contributed by atoms with Crippen LogP contribution in [0.1, 0.15) is 19.8 Å². The molecule has 1 amide bonds. The highest BCUT2D eigenvalue weighted by molar-refractivity contribution is 5.91. The summed E-state index contributed by atoms with van der Waals surface area (Å²) in [4.78, 5) is 25.1. The van der Waals surface area contributed by atoms with Crippen LogP contribution in [0.25, 0.3) is 11.0 Å². The maximum Gasteiger partial charge on any atom is 0.329 e. The van der Waals surface area contributed by atoms with Crippen LogP contribution in [-0.2, 0) is 29.2 Å². The summed E-state index contributed by atoms with van der Waals surface area (Å²) in [7, 11) is 0. The van der Waals surface area contributed by atoms with E-state index in [0.717, 1.165) is 30.5 Å². The number of para-hydroxylation sites is 2. The Hall–Kier alpha value is -2.87. The molecule has 142 valence electrons. The van der Waals surface area contributed by atoms with Crippen molar-refractivity contribution in [3.63, 3.8) is 0 Å². The summed E-state index contributed by atoms with van der Waals surface area (Å²) in [6, 6.07) is 7.51. The van der Waals surface area contributed by atoms with Crippen LogP contribution < -0.4 is 11.0 Å². The first-order valence-electron chi connectivity index (χ1n) is 9.27. The lowest BCUT2D eigenvalue weighted by Gasteiger charge is -2.08. The van der Waals surface area contributed by atoms with E-state index in [1.807, 2.05) is 31.2 Å². The largest absolute Gasteiger partial charge is 0.376 e. The molecule has 0 radical (unpaired) electrons. The molecule has 0 aliphatic carbocycles. The Bertz CT molecular complexity index is 1010. The highest BCUT2D eigenvalue weighted by Gasteiger charge is 2.17. The molecular weight excluding hydrogens is 346 g/mol. The van der Waals surface area contributed by atoms with Gasteiger partial charge in [-0.1, -0.05) is 12.1 Å². The van der Waals surface area contributed by atoms with Gasteiger partial charge >= 0.3 is 5.69 Å². The maximum atomic E-state index is 12.6. The van der Waals surface area contributed by atoms with Gasteiger partial charge in [0.1, 0.15) is 6.54 Å². The van der Waals surface area contributed by atoms with Crippen LogP contribution >= 0.6 is 0 Å². The number of nitrogens with zero attached hydrogens (tertiary/aromatic N) is 4. The quantitative estimate of drug-likeness (QED) is 0.719. The van der Waals surface area contributed by atoms with Crippen molar-refractivity contribution < 1.29 is 9.53 Å². The van der Waals surface area contributed by atoms with Crippen LogP contribution in [0, 0.1) is 0 Å². The van der Waals surface area contributed by atoms with Gasteiger partial charge in [-0.25, -0.2) is 4.79 Å². The average molecular weight is 369 g/mol. The summed E-state index contributed by atoms with van der Waals surface area (Å²) in [5.41, 5.74) is 2.03. The minimum absolute atomic E-state index is 0.0384. The molecular formula is C19H23N5O3. The first-order chi connectivity index (χ1) is 13.2. The predicted molar refractivity (Wildman–Crippen MR) is 102 cm³/mol. The van der Waals surface area contributed by atoms with Gasteiger partial charge in [-0.15, -0.1) is 0 Å². The fourth-order valence-electron chi connectivity index (χ4n) is 3.60. The molecule has 1 aromatic carbocycles. The van der Waals surface area contributed by atoms with E-state index in [1.165, 1.54) is 4.57 Å². The van der Waals surface area contributed by atoms with E-state index in [1.54, 1.807) is 21.6 Å². The van der Waals surface area contributed by atoms with Gasteiger partial charge in [0.25, 0.3) is 0 Å². The van der Waals surface area contributed by atoms with E-state index in [2.05, 4.69) is 10.4 Å². The van der Waals surface area contributed by atoms with Gasteiger partial charge in [0.15, 0.2) is 0 Å². The summed E-state index contributed by atoms with van der Waals surface area (Å²) in [5, 5.41) is 7.10. The van der Waals surface area contributed by atoms with E-state index in [9.17, 15) is 9.59 Å². The fraction of sp³-hybridized carbons (Fsp3) is 0.421. The topological polar surface area (TPSA) is 83.1 Å². The lowest BCUT2D eigenvalue weighted by molar-refractivity contribution is -0.116. The van der Waals surface area contributed by atoms with E-state index < -0.39 is 0 Å². The summed E-state index contributed by atoms with van der Waals surface area (Å²) in [6.07, 6.45) is 5.71. The minimum atomic E-state index is -0.257. The number of hydrogen-bond donors (Lipinski definition) is 1. The van der Waals surface area contributed by atoms with Crippen molar-refractivity contribution in [2.45, 2.75) is 45.5 Å². The van der Waals surface area contributed by atoms with Gasteiger partial charge in [0, 0.05) is 19.3 Å². The third kappa shape index (κ3) is 3.52. The van der Waals surface area contributed by atoms with Crippen LogP contribution in [0.4, 0.5) is 5.69 Å². The summed E-state index contributed by atoms with van der Waals surface area (Å²) in [5.74, 6) is -0.257.